The standard InChI is InChI=1S/C28H30FN3O4/c29-26-9-7-22(18-31-26)28-24(3-1-12-30-28)36-19-27(33)32-13-10-20(11-14-32)4-5-21-6-8-23-25(17-21)35-16-2-15-34-23/h1,3,6-9,12,17-18,20H,2,4-5,10-11,13-16,19H2. The Morgan fingerprint density at radius 2 is 1.89 bits per heavy atom. The van der Waals surface area contributed by atoms with Crippen LogP contribution in [0.5, 0.6) is 17.2 Å². The minimum Gasteiger partial charge on any atom is -0.490 e. The molecule has 0 spiro atoms. The lowest BCUT2D eigenvalue weighted by molar-refractivity contribution is -0.134. The van der Waals surface area contributed by atoms with Crippen LogP contribution in [-0.4, -0.2) is 53.7 Å². The minimum atomic E-state index is -0.558. The van der Waals surface area contributed by atoms with Crippen molar-refractivity contribution in [3.8, 4) is 28.5 Å². The highest BCUT2D eigenvalue weighted by Crippen LogP contribution is 2.32. The molecule has 4 heterocycles. The summed E-state index contributed by atoms with van der Waals surface area (Å²) in [7, 11) is 0. The zero-order chi connectivity index (χ0) is 24.7. The smallest absolute Gasteiger partial charge is 0.260 e. The van der Waals surface area contributed by atoms with Gasteiger partial charge in [0.25, 0.3) is 5.91 Å². The SMILES string of the molecule is O=C(COc1cccnc1-c1ccc(F)nc1)N1CCC(CCc2ccc3c(c2)OCCCO3)CC1. The van der Waals surface area contributed by atoms with Crippen LogP contribution in [0.2, 0.25) is 0 Å². The third kappa shape index (κ3) is 5.93. The average molecular weight is 492 g/mol. The van der Waals surface area contributed by atoms with Crippen molar-refractivity contribution >= 4 is 5.91 Å². The Balaban J connectivity index is 1.09. The van der Waals surface area contributed by atoms with Gasteiger partial charge in [0.15, 0.2) is 18.1 Å². The van der Waals surface area contributed by atoms with Crippen LogP contribution in [0.3, 0.4) is 0 Å². The fourth-order valence-electron chi connectivity index (χ4n) is 4.68. The molecule has 0 radical (unpaired) electrons. The third-order valence-electron chi connectivity index (χ3n) is 6.74. The molecule has 3 aromatic rings. The number of fused-ring (bicyclic) bond motifs is 1. The highest BCUT2D eigenvalue weighted by atomic mass is 19.1. The van der Waals surface area contributed by atoms with Crippen molar-refractivity contribution in [2.24, 2.45) is 5.92 Å². The topological polar surface area (TPSA) is 73.8 Å². The summed E-state index contributed by atoms with van der Waals surface area (Å²) in [5.41, 5.74) is 2.43. The second-order valence-corrected chi connectivity index (χ2v) is 9.20. The predicted molar refractivity (Wildman–Crippen MR) is 133 cm³/mol. The van der Waals surface area contributed by atoms with Gasteiger partial charge in [-0.25, -0.2) is 4.98 Å². The number of nitrogens with zero attached hydrogens (tertiary/aromatic N) is 3. The summed E-state index contributed by atoms with van der Waals surface area (Å²) in [6.45, 7) is 2.79. The Kier molecular flexibility index (Phi) is 7.59. The maximum absolute atomic E-state index is 13.2. The molecule has 0 unspecified atom stereocenters. The van der Waals surface area contributed by atoms with Crippen LogP contribution in [-0.2, 0) is 11.2 Å². The lowest BCUT2D eigenvalue weighted by Gasteiger charge is -2.32. The van der Waals surface area contributed by atoms with Crippen LogP contribution >= 0.6 is 0 Å². The third-order valence-corrected chi connectivity index (χ3v) is 6.74. The molecule has 5 rings (SSSR count). The molecule has 8 heteroatoms. The van der Waals surface area contributed by atoms with E-state index in [4.69, 9.17) is 14.2 Å². The van der Waals surface area contributed by atoms with Gasteiger partial charge in [0, 0.05) is 37.5 Å². The van der Waals surface area contributed by atoms with Crippen molar-refractivity contribution in [1.29, 1.82) is 0 Å². The van der Waals surface area contributed by atoms with Gasteiger partial charge < -0.3 is 19.1 Å². The van der Waals surface area contributed by atoms with E-state index < -0.39 is 5.95 Å². The molecule has 0 atom stereocenters. The second-order valence-electron chi connectivity index (χ2n) is 9.20. The van der Waals surface area contributed by atoms with E-state index in [1.165, 1.54) is 17.8 Å². The fourth-order valence-corrected chi connectivity index (χ4v) is 4.68. The molecule has 2 aliphatic heterocycles. The molecule has 0 bridgehead atoms. The van der Waals surface area contributed by atoms with E-state index >= 15 is 0 Å². The van der Waals surface area contributed by atoms with Gasteiger partial charge in [-0.3, -0.25) is 9.78 Å². The number of hydrogen-bond acceptors (Lipinski definition) is 6. The lowest BCUT2D eigenvalue weighted by Crippen LogP contribution is -2.41. The number of ether oxygens (including phenoxy) is 3. The average Bonchev–Trinajstić information content (AvgIpc) is 3.17. The Morgan fingerprint density at radius 1 is 1.06 bits per heavy atom. The molecule has 7 nitrogen and oxygen atoms in total. The van der Waals surface area contributed by atoms with Gasteiger partial charge >= 0.3 is 0 Å². The molecule has 1 amide bonds. The van der Waals surface area contributed by atoms with Crippen molar-refractivity contribution in [2.45, 2.75) is 32.1 Å². The number of benzene rings is 1. The minimum absolute atomic E-state index is 0.0385. The number of carbonyl (C=O) groups excluding carboxylic acids is 1. The molecule has 1 saturated heterocycles. The van der Waals surface area contributed by atoms with Crippen LogP contribution < -0.4 is 14.2 Å². The van der Waals surface area contributed by atoms with Gasteiger partial charge in [-0.15, -0.1) is 0 Å². The summed E-state index contributed by atoms with van der Waals surface area (Å²) in [5, 5.41) is 0. The number of piperidine rings is 1. The zero-order valence-corrected chi connectivity index (χ0v) is 20.2. The first-order valence-corrected chi connectivity index (χ1v) is 12.5. The lowest BCUT2D eigenvalue weighted by atomic mass is 9.90. The number of amides is 1. The zero-order valence-electron chi connectivity index (χ0n) is 20.2. The molecule has 0 N–H and O–H groups in total. The van der Waals surface area contributed by atoms with Gasteiger partial charge in [0.2, 0.25) is 5.95 Å². The predicted octanol–water partition coefficient (Wildman–Crippen LogP) is 4.69. The number of pyridine rings is 2. The molecular weight excluding hydrogens is 461 g/mol. The summed E-state index contributed by atoms with van der Waals surface area (Å²) in [6.07, 6.45) is 7.98. The number of aromatic nitrogens is 2. The van der Waals surface area contributed by atoms with Crippen molar-refractivity contribution in [2.75, 3.05) is 32.9 Å². The molecule has 2 aromatic heterocycles. The van der Waals surface area contributed by atoms with Crippen LogP contribution in [0.15, 0.2) is 54.9 Å². The van der Waals surface area contributed by atoms with E-state index in [-0.39, 0.29) is 12.5 Å². The van der Waals surface area contributed by atoms with E-state index in [1.807, 2.05) is 11.0 Å². The number of hydrogen-bond donors (Lipinski definition) is 0. The van der Waals surface area contributed by atoms with Crippen LogP contribution in [0.1, 0.15) is 31.2 Å². The first-order chi connectivity index (χ1) is 17.7. The molecular formula is C28H30FN3O4. The molecule has 1 aromatic carbocycles. The second kappa shape index (κ2) is 11.4. The maximum atomic E-state index is 13.2. The number of aryl methyl sites for hydroxylation is 1. The summed E-state index contributed by atoms with van der Waals surface area (Å²) in [6, 6.07) is 12.6. The summed E-state index contributed by atoms with van der Waals surface area (Å²) in [5.74, 6) is 2.14. The first kappa shape index (κ1) is 24.0. The molecule has 2 aliphatic rings. The number of halogens is 1. The fraction of sp³-hybridized carbons (Fsp3) is 0.393. The molecule has 36 heavy (non-hydrogen) atoms. The summed E-state index contributed by atoms with van der Waals surface area (Å²) in [4.78, 5) is 22.7. The van der Waals surface area contributed by atoms with Gasteiger partial charge in [-0.1, -0.05) is 6.07 Å². The first-order valence-electron chi connectivity index (χ1n) is 12.5. The van der Waals surface area contributed by atoms with Gasteiger partial charge in [-0.05, 0) is 73.6 Å². The van der Waals surface area contributed by atoms with Crippen LogP contribution in [0.25, 0.3) is 11.3 Å². The normalized spacial score (nSPS) is 15.9. The van der Waals surface area contributed by atoms with E-state index in [0.717, 1.165) is 56.7 Å². The summed E-state index contributed by atoms with van der Waals surface area (Å²) < 4.78 is 30.5. The van der Waals surface area contributed by atoms with E-state index in [2.05, 4.69) is 22.1 Å². The van der Waals surface area contributed by atoms with Gasteiger partial charge in [0.1, 0.15) is 11.4 Å². The van der Waals surface area contributed by atoms with Crippen LogP contribution in [0.4, 0.5) is 4.39 Å². The largest absolute Gasteiger partial charge is 0.490 e. The summed E-state index contributed by atoms with van der Waals surface area (Å²) >= 11 is 0. The Morgan fingerprint density at radius 3 is 2.69 bits per heavy atom. The Bertz CT molecular complexity index is 1180. The molecule has 0 saturated carbocycles. The van der Waals surface area contributed by atoms with Crippen molar-refractivity contribution in [3.63, 3.8) is 0 Å². The highest BCUT2D eigenvalue weighted by Gasteiger charge is 2.23. The number of rotatable bonds is 7. The highest BCUT2D eigenvalue weighted by molar-refractivity contribution is 5.78. The molecule has 1 fully saturated rings. The van der Waals surface area contributed by atoms with E-state index in [0.29, 0.717) is 36.1 Å². The van der Waals surface area contributed by atoms with Crippen LogP contribution in [0, 0.1) is 11.9 Å². The molecule has 0 aliphatic carbocycles. The monoisotopic (exact) mass is 491 g/mol. The maximum Gasteiger partial charge on any atom is 0.260 e. The van der Waals surface area contributed by atoms with E-state index in [1.54, 1.807) is 24.4 Å². The number of carbonyl (C=O) groups is 1. The Hall–Kier alpha value is -3.68. The number of likely N-dealkylation sites (tertiary alicyclic amines) is 1. The molecule has 188 valence electrons. The van der Waals surface area contributed by atoms with Crippen molar-refractivity contribution < 1.29 is 23.4 Å². The van der Waals surface area contributed by atoms with Gasteiger partial charge in [-0.2, -0.15) is 4.39 Å². The van der Waals surface area contributed by atoms with Crippen molar-refractivity contribution in [3.05, 3.63) is 66.4 Å². The van der Waals surface area contributed by atoms with E-state index in [9.17, 15) is 9.18 Å². The van der Waals surface area contributed by atoms with Gasteiger partial charge in [0.05, 0.1) is 13.2 Å². The van der Waals surface area contributed by atoms with Crippen molar-refractivity contribution in [1.82, 2.24) is 14.9 Å². The Labute approximate surface area is 210 Å². The quantitative estimate of drug-likeness (QED) is 0.447.